The van der Waals surface area contributed by atoms with E-state index in [9.17, 15) is 9.59 Å². The molecule has 35 heavy (non-hydrogen) atoms. The first-order chi connectivity index (χ1) is 17.0. The van der Waals surface area contributed by atoms with Crippen LogP contribution >= 0.6 is 0 Å². The number of hydrazone groups is 1. The Hall–Kier alpha value is -3.75. The minimum atomic E-state index is -0.629. The number of benzene rings is 2. The summed E-state index contributed by atoms with van der Waals surface area (Å²) in [7, 11) is 5.87. The van der Waals surface area contributed by atoms with Crippen molar-refractivity contribution in [2.45, 2.75) is 45.4 Å². The van der Waals surface area contributed by atoms with E-state index in [1.807, 2.05) is 0 Å². The van der Waals surface area contributed by atoms with Crippen LogP contribution in [-0.4, -0.2) is 46.5 Å². The van der Waals surface area contributed by atoms with Gasteiger partial charge in [0.05, 0.1) is 40.2 Å². The van der Waals surface area contributed by atoms with Crippen LogP contribution in [0.2, 0.25) is 0 Å². The van der Waals surface area contributed by atoms with Crippen LogP contribution in [0.15, 0.2) is 35.4 Å². The molecule has 9 heteroatoms. The summed E-state index contributed by atoms with van der Waals surface area (Å²) in [5.41, 5.74) is 3.41. The zero-order valence-corrected chi connectivity index (χ0v) is 21.0. The molecule has 0 saturated carbocycles. The third kappa shape index (κ3) is 8.20. The van der Waals surface area contributed by atoms with E-state index in [4.69, 9.17) is 23.7 Å². The van der Waals surface area contributed by atoms with E-state index in [0.29, 0.717) is 35.0 Å². The summed E-state index contributed by atoms with van der Waals surface area (Å²) in [6.07, 6.45) is 7.34. The van der Waals surface area contributed by atoms with Gasteiger partial charge < -0.3 is 23.7 Å². The first kappa shape index (κ1) is 27.5. The van der Waals surface area contributed by atoms with Crippen molar-refractivity contribution in [3.05, 3.63) is 41.5 Å². The number of unbranched alkanes of at least 4 members (excludes halogenated alkanes) is 4. The minimum Gasteiger partial charge on any atom is -0.493 e. The van der Waals surface area contributed by atoms with Crippen LogP contribution in [0.1, 0.15) is 61.4 Å². The predicted molar refractivity (Wildman–Crippen MR) is 133 cm³/mol. The van der Waals surface area contributed by atoms with Crippen molar-refractivity contribution in [2.24, 2.45) is 5.10 Å². The van der Waals surface area contributed by atoms with Gasteiger partial charge >= 0.3 is 5.97 Å². The third-order valence-electron chi connectivity index (χ3n) is 5.20. The van der Waals surface area contributed by atoms with E-state index in [0.717, 1.165) is 19.3 Å². The molecule has 190 valence electrons. The Morgan fingerprint density at radius 2 is 1.49 bits per heavy atom. The van der Waals surface area contributed by atoms with Crippen molar-refractivity contribution >= 4 is 18.1 Å². The fourth-order valence-corrected chi connectivity index (χ4v) is 3.33. The van der Waals surface area contributed by atoms with Gasteiger partial charge in [-0.1, -0.05) is 32.6 Å². The second kappa shape index (κ2) is 14.5. The number of hydrogen-bond donors (Lipinski definition) is 1. The first-order valence-electron chi connectivity index (χ1n) is 11.5. The Morgan fingerprint density at radius 1 is 0.829 bits per heavy atom. The Kier molecular flexibility index (Phi) is 11.4. The highest BCUT2D eigenvalue weighted by molar-refractivity contribution is 5.93. The van der Waals surface area contributed by atoms with Gasteiger partial charge in [-0.05, 0) is 42.3 Å². The third-order valence-corrected chi connectivity index (χ3v) is 5.20. The molecule has 2 aromatic rings. The topological polar surface area (TPSA) is 105 Å². The lowest BCUT2D eigenvalue weighted by molar-refractivity contribution is -0.121. The van der Waals surface area contributed by atoms with Gasteiger partial charge in [-0.2, -0.15) is 5.10 Å². The van der Waals surface area contributed by atoms with E-state index < -0.39 is 5.97 Å². The zero-order chi connectivity index (χ0) is 25.6. The van der Waals surface area contributed by atoms with Crippen LogP contribution in [0.5, 0.6) is 28.7 Å². The van der Waals surface area contributed by atoms with Crippen molar-refractivity contribution in [3.63, 3.8) is 0 Å². The smallest absolute Gasteiger partial charge is 0.343 e. The van der Waals surface area contributed by atoms with Gasteiger partial charge in [-0.3, -0.25) is 4.79 Å². The van der Waals surface area contributed by atoms with E-state index in [2.05, 4.69) is 17.5 Å². The van der Waals surface area contributed by atoms with Gasteiger partial charge in [0, 0.05) is 6.42 Å². The van der Waals surface area contributed by atoms with Crippen molar-refractivity contribution < 1.29 is 33.3 Å². The van der Waals surface area contributed by atoms with E-state index in [1.165, 1.54) is 59.6 Å². The van der Waals surface area contributed by atoms with E-state index >= 15 is 0 Å². The van der Waals surface area contributed by atoms with Crippen molar-refractivity contribution in [1.82, 2.24) is 5.43 Å². The second-order valence-corrected chi connectivity index (χ2v) is 7.67. The Labute approximate surface area is 206 Å². The number of nitrogens with zero attached hydrogens (tertiary/aromatic N) is 1. The molecule has 0 aliphatic rings. The summed E-state index contributed by atoms with van der Waals surface area (Å²) < 4.78 is 26.8. The number of ether oxygens (including phenoxy) is 5. The summed E-state index contributed by atoms with van der Waals surface area (Å²) in [5, 5.41) is 4.00. The highest BCUT2D eigenvalue weighted by Crippen LogP contribution is 2.38. The normalized spacial score (nSPS) is 10.7. The first-order valence-corrected chi connectivity index (χ1v) is 11.5. The quantitative estimate of drug-likeness (QED) is 0.135. The SMILES string of the molecule is CCCCCCCC(=O)N/N=C/c1ccc(OC(=O)c2cc(OC)c(OC)c(OC)c2)c(OC)c1. The van der Waals surface area contributed by atoms with E-state index in [-0.39, 0.29) is 17.2 Å². The van der Waals surface area contributed by atoms with Gasteiger partial charge in [0.25, 0.3) is 0 Å². The molecule has 0 aliphatic carbocycles. The number of carbonyl (C=O) groups is 2. The molecule has 0 atom stereocenters. The molecule has 0 bridgehead atoms. The average molecular weight is 487 g/mol. The highest BCUT2D eigenvalue weighted by Gasteiger charge is 2.19. The van der Waals surface area contributed by atoms with Crippen LogP contribution < -0.4 is 29.1 Å². The lowest BCUT2D eigenvalue weighted by atomic mass is 10.1. The number of rotatable bonds is 14. The maximum atomic E-state index is 12.8. The maximum Gasteiger partial charge on any atom is 0.343 e. The minimum absolute atomic E-state index is 0.124. The molecular formula is C26H34N2O7. The summed E-state index contributed by atoms with van der Waals surface area (Å²) in [6.45, 7) is 2.16. The lowest BCUT2D eigenvalue weighted by Gasteiger charge is -2.14. The number of nitrogens with one attached hydrogen (secondary N) is 1. The van der Waals surface area contributed by atoms with Crippen LogP contribution in [0.4, 0.5) is 0 Å². The number of amides is 1. The summed E-state index contributed by atoms with van der Waals surface area (Å²) >= 11 is 0. The molecule has 0 aromatic heterocycles. The van der Waals surface area contributed by atoms with Crippen molar-refractivity contribution in [3.8, 4) is 28.7 Å². The lowest BCUT2D eigenvalue weighted by Crippen LogP contribution is -2.16. The molecule has 1 N–H and O–H groups in total. The van der Waals surface area contributed by atoms with Gasteiger partial charge in [0.1, 0.15) is 0 Å². The van der Waals surface area contributed by atoms with Crippen molar-refractivity contribution in [1.29, 1.82) is 0 Å². The summed E-state index contributed by atoms with van der Waals surface area (Å²) in [4.78, 5) is 24.7. The van der Waals surface area contributed by atoms with Gasteiger partial charge in [-0.15, -0.1) is 0 Å². The number of methoxy groups -OCH3 is 4. The molecule has 0 spiro atoms. The monoisotopic (exact) mass is 486 g/mol. The highest BCUT2D eigenvalue weighted by atomic mass is 16.6. The molecular weight excluding hydrogens is 452 g/mol. The molecule has 2 rings (SSSR count). The molecule has 9 nitrogen and oxygen atoms in total. The molecule has 0 heterocycles. The largest absolute Gasteiger partial charge is 0.493 e. The summed E-state index contributed by atoms with van der Waals surface area (Å²) in [5.74, 6) is 0.837. The Morgan fingerprint density at radius 3 is 2.09 bits per heavy atom. The molecule has 0 radical (unpaired) electrons. The standard InChI is InChI=1S/C26H34N2O7/c1-6-7-8-9-10-11-24(29)28-27-17-18-12-13-20(21(14-18)31-2)35-26(30)19-15-22(32-3)25(34-5)23(16-19)33-4/h12-17H,6-11H2,1-5H3,(H,28,29)/b27-17+. The van der Waals surface area contributed by atoms with Crippen molar-refractivity contribution in [2.75, 3.05) is 28.4 Å². The average Bonchev–Trinajstić information content (AvgIpc) is 2.88. The Bertz CT molecular complexity index is 996. The molecule has 1 amide bonds. The van der Waals surface area contributed by atoms with Gasteiger partial charge in [0.15, 0.2) is 23.0 Å². The fraction of sp³-hybridized carbons (Fsp3) is 0.423. The van der Waals surface area contributed by atoms with Crippen LogP contribution in [-0.2, 0) is 4.79 Å². The molecule has 0 aliphatic heterocycles. The van der Waals surface area contributed by atoms with E-state index in [1.54, 1.807) is 18.2 Å². The molecule has 0 unspecified atom stereocenters. The van der Waals surface area contributed by atoms with Gasteiger partial charge in [0.2, 0.25) is 11.7 Å². The fourth-order valence-electron chi connectivity index (χ4n) is 3.33. The molecule has 2 aromatic carbocycles. The second-order valence-electron chi connectivity index (χ2n) is 7.67. The van der Waals surface area contributed by atoms with Crippen LogP contribution in [0.3, 0.4) is 0 Å². The Balaban J connectivity index is 2.04. The van der Waals surface area contributed by atoms with Crippen LogP contribution in [0.25, 0.3) is 0 Å². The number of hydrogen-bond acceptors (Lipinski definition) is 8. The van der Waals surface area contributed by atoms with Crippen LogP contribution in [0, 0.1) is 0 Å². The van der Waals surface area contributed by atoms with Gasteiger partial charge in [-0.25, -0.2) is 10.2 Å². The zero-order valence-electron chi connectivity index (χ0n) is 21.0. The molecule has 0 saturated heterocycles. The number of esters is 1. The summed E-state index contributed by atoms with van der Waals surface area (Å²) in [6, 6.07) is 7.94. The predicted octanol–water partition coefficient (Wildman–Crippen LogP) is 4.75. The maximum absolute atomic E-state index is 12.8. The number of carbonyl (C=O) groups excluding carboxylic acids is 2. The molecule has 0 fully saturated rings.